The van der Waals surface area contributed by atoms with Gasteiger partial charge in [0.25, 0.3) is 15.9 Å². The standard InChI is InChI=1S/C19H20F3N5O3S/c20-19(21,22)14-4-5-16(23-13-14)25-7-2-8-27(10-9-25)18(28)15-3-1-6-26-11-12-31(29,30)24-17(15)26/h1,3-6,13H,2,7-12H2. The van der Waals surface area contributed by atoms with Crippen LogP contribution in [0.15, 0.2) is 46.7 Å². The Kier molecular flexibility index (Phi) is 5.50. The Labute approximate surface area is 177 Å². The fraction of sp³-hybridized carbons (Fsp3) is 0.421. The van der Waals surface area contributed by atoms with Gasteiger partial charge in [0.2, 0.25) is 0 Å². The van der Waals surface area contributed by atoms with Crippen LogP contribution < -0.4 is 4.90 Å². The van der Waals surface area contributed by atoms with E-state index >= 15 is 0 Å². The Balaban J connectivity index is 1.47. The first-order valence-corrected chi connectivity index (χ1v) is 11.3. The molecule has 0 aliphatic carbocycles. The molecule has 0 saturated carbocycles. The molecule has 0 atom stereocenters. The zero-order valence-electron chi connectivity index (χ0n) is 16.4. The van der Waals surface area contributed by atoms with Gasteiger partial charge in [-0.3, -0.25) is 4.79 Å². The van der Waals surface area contributed by atoms with Crippen molar-refractivity contribution in [2.45, 2.75) is 12.6 Å². The fourth-order valence-corrected chi connectivity index (χ4v) is 4.63. The first kappa shape index (κ1) is 21.3. The van der Waals surface area contributed by atoms with Crippen LogP contribution >= 0.6 is 0 Å². The number of nitrogens with zero attached hydrogens (tertiary/aromatic N) is 5. The number of amidine groups is 1. The van der Waals surface area contributed by atoms with Crippen molar-refractivity contribution < 1.29 is 26.4 Å². The second-order valence-electron chi connectivity index (χ2n) is 7.35. The number of rotatable bonds is 2. The van der Waals surface area contributed by atoms with Crippen molar-refractivity contribution in [1.29, 1.82) is 0 Å². The lowest BCUT2D eigenvalue weighted by atomic mass is 10.1. The Morgan fingerprint density at radius 2 is 1.87 bits per heavy atom. The normalized spacial score (nSPS) is 21.2. The van der Waals surface area contributed by atoms with Gasteiger partial charge in [-0.25, -0.2) is 13.4 Å². The van der Waals surface area contributed by atoms with E-state index in [1.807, 2.05) is 4.90 Å². The van der Waals surface area contributed by atoms with E-state index in [0.29, 0.717) is 38.4 Å². The molecule has 4 heterocycles. The Morgan fingerprint density at radius 1 is 1.06 bits per heavy atom. The van der Waals surface area contributed by atoms with Crippen molar-refractivity contribution in [2.75, 3.05) is 43.4 Å². The Morgan fingerprint density at radius 3 is 2.58 bits per heavy atom. The summed E-state index contributed by atoms with van der Waals surface area (Å²) in [6.07, 6.45) is 1.87. The van der Waals surface area contributed by atoms with Crippen LogP contribution in [0.4, 0.5) is 19.0 Å². The second kappa shape index (κ2) is 7.98. The summed E-state index contributed by atoms with van der Waals surface area (Å²) in [5, 5.41) is 0. The lowest BCUT2D eigenvalue weighted by Crippen LogP contribution is -2.44. The van der Waals surface area contributed by atoms with Crippen LogP contribution in [-0.4, -0.2) is 73.4 Å². The van der Waals surface area contributed by atoms with Gasteiger partial charge in [-0.15, -0.1) is 4.40 Å². The Hall–Kier alpha value is -2.89. The summed E-state index contributed by atoms with van der Waals surface area (Å²) in [6.45, 7) is 1.90. The summed E-state index contributed by atoms with van der Waals surface area (Å²) < 4.78 is 65.9. The van der Waals surface area contributed by atoms with Crippen molar-refractivity contribution >= 4 is 27.6 Å². The minimum Gasteiger partial charge on any atom is -0.355 e. The number of fused-ring (bicyclic) bond motifs is 1. The lowest BCUT2D eigenvalue weighted by molar-refractivity contribution is -0.137. The van der Waals surface area contributed by atoms with Crippen molar-refractivity contribution in [1.82, 2.24) is 14.8 Å². The molecule has 1 aromatic rings. The molecule has 8 nitrogen and oxygen atoms in total. The number of alkyl halides is 3. The molecule has 0 N–H and O–H groups in total. The van der Waals surface area contributed by atoms with Crippen LogP contribution in [0, 0.1) is 0 Å². The van der Waals surface area contributed by atoms with Crippen LogP contribution in [0.25, 0.3) is 0 Å². The highest BCUT2D eigenvalue weighted by atomic mass is 32.2. The van der Waals surface area contributed by atoms with E-state index in [1.165, 1.54) is 6.07 Å². The van der Waals surface area contributed by atoms with E-state index in [0.717, 1.165) is 12.3 Å². The van der Waals surface area contributed by atoms with Gasteiger partial charge in [-0.05, 0) is 30.7 Å². The average molecular weight is 455 g/mol. The van der Waals surface area contributed by atoms with Crippen molar-refractivity contribution in [3.05, 3.63) is 47.8 Å². The molecule has 12 heteroatoms. The summed E-state index contributed by atoms with van der Waals surface area (Å²) in [7, 11) is -3.61. The van der Waals surface area contributed by atoms with E-state index in [9.17, 15) is 26.4 Å². The largest absolute Gasteiger partial charge is 0.417 e. The number of allylic oxidation sites excluding steroid dienone is 2. The maximum absolute atomic E-state index is 13.1. The molecule has 166 valence electrons. The minimum absolute atomic E-state index is 0.110. The number of halogens is 3. The third-order valence-electron chi connectivity index (χ3n) is 5.27. The smallest absolute Gasteiger partial charge is 0.355 e. The molecular weight excluding hydrogens is 435 g/mol. The number of hydrogen-bond donors (Lipinski definition) is 0. The summed E-state index contributed by atoms with van der Waals surface area (Å²) in [5.41, 5.74) is -0.597. The monoisotopic (exact) mass is 455 g/mol. The highest BCUT2D eigenvalue weighted by Crippen LogP contribution is 2.29. The molecule has 1 aromatic heterocycles. The van der Waals surface area contributed by atoms with Crippen LogP contribution in [0.5, 0.6) is 0 Å². The topological polar surface area (TPSA) is 86.2 Å². The van der Waals surface area contributed by atoms with Crippen molar-refractivity contribution in [3.8, 4) is 0 Å². The molecule has 0 aromatic carbocycles. The lowest BCUT2D eigenvalue weighted by Gasteiger charge is -2.31. The highest BCUT2D eigenvalue weighted by Gasteiger charge is 2.33. The van der Waals surface area contributed by atoms with Crippen LogP contribution in [0.3, 0.4) is 0 Å². The predicted molar refractivity (Wildman–Crippen MR) is 108 cm³/mol. The molecule has 31 heavy (non-hydrogen) atoms. The van der Waals surface area contributed by atoms with E-state index in [4.69, 9.17) is 0 Å². The maximum Gasteiger partial charge on any atom is 0.417 e. The third-order valence-corrected chi connectivity index (χ3v) is 6.42. The summed E-state index contributed by atoms with van der Waals surface area (Å²) in [5.74, 6) is 0.105. The number of sulfonamides is 1. The van der Waals surface area contributed by atoms with Gasteiger partial charge >= 0.3 is 6.18 Å². The number of hydrogen-bond acceptors (Lipinski definition) is 6. The maximum atomic E-state index is 13.1. The minimum atomic E-state index is -4.45. The van der Waals surface area contributed by atoms with Crippen molar-refractivity contribution in [3.63, 3.8) is 0 Å². The zero-order chi connectivity index (χ0) is 22.2. The highest BCUT2D eigenvalue weighted by molar-refractivity contribution is 7.90. The van der Waals surface area contributed by atoms with Gasteiger partial charge in [0, 0.05) is 45.1 Å². The molecule has 4 rings (SSSR count). The number of aromatic nitrogens is 1. The molecule has 1 amide bonds. The molecule has 3 aliphatic heterocycles. The van der Waals surface area contributed by atoms with E-state index < -0.39 is 21.8 Å². The number of pyridine rings is 1. The molecule has 0 unspecified atom stereocenters. The van der Waals surface area contributed by atoms with Gasteiger partial charge in [-0.2, -0.15) is 13.2 Å². The third kappa shape index (κ3) is 4.58. The van der Waals surface area contributed by atoms with Gasteiger partial charge in [0.1, 0.15) is 5.82 Å². The van der Waals surface area contributed by atoms with Gasteiger partial charge in [-0.1, -0.05) is 0 Å². The predicted octanol–water partition coefficient (Wildman–Crippen LogP) is 1.64. The molecule has 0 radical (unpaired) electrons. The molecule has 1 saturated heterocycles. The van der Waals surface area contributed by atoms with Gasteiger partial charge in [0.05, 0.1) is 16.9 Å². The SMILES string of the molecule is O=C(C1=CC=CN2CCS(=O)(=O)N=C12)N1CCCN(c2ccc(C(F)(F)F)cn2)CC1. The quantitative estimate of drug-likeness (QED) is 0.674. The molecule has 1 fully saturated rings. The van der Waals surface area contributed by atoms with Gasteiger partial charge < -0.3 is 14.7 Å². The summed E-state index contributed by atoms with van der Waals surface area (Å²) in [6, 6.07) is 2.32. The number of carbonyl (C=O) groups is 1. The zero-order valence-corrected chi connectivity index (χ0v) is 17.2. The number of amides is 1. The van der Waals surface area contributed by atoms with Crippen LogP contribution in [0.1, 0.15) is 12.0 Å². The number of anilines is 1. The molecule has 0 bridgehead atoms. The Bertz CT molecular complexity index is 1060. The first-order chi connectivity index (χ1) is 14.6. The molecular formula is C19H20F3N5O3S. The second-order valence-corrected chi connectivity index (χ2v) is 9.11. The van der Waals surface area contributed by atoms with E-state index in [2.05, 4.69) is 9.38 Å². The number of carbonyl (C=O) groups excluding carboxylic acids is 1. The van der Waals surface area contributed by atoms with E-state index in [-0.39, 0.29) is 29.6 Å². The van der Waals surface area contributed by atoms with Gasteiger partial charge in [0.15, 0.2) is 5.84 Å². The molecule has 3 aliphatic rings. The fourth-order valence-electron chi connectivity index (χ4n) is 3.64. The summed E-state index contributed by atoms with van der Waals surface area (Å²) in [4.78, 5) is 22.1. The molecule has 0 spiro atoms. The van der Waals surface area contributed by atoms with Crippen molar-refractivity contribution in [2.24, 2.45) is 4.40 Å². The van der Waals surface area contributed by atoms with E-state index in [1.54, 1.807) is 28.2 Å². The van der Waals surface area contributed by atoms with Crippen LogP contribution in [0.2, 0.25) is 0 Å². The van der Waals surface area contributed by atoms with Crippen LogP contribution in [-0.2, 0) is 21.0 Å². The summed E-state index contributed by atoms with van der Waals surface area (Å²) >= 11 is 0. The first-order valence-electron chi connectivity index (χ1n) is 9.70. The average Bonchev–Trinajstić information content (AvgIpc) is 2.98.